The van der Waals surface area contributed by atoms with Crippen molar-refractivity contribution in [1.29, 1.82) is 0 Å². The Morgan fingerprint density at radius 1 is 1.09 bits per heavy atom. The molecule has 0 bridgehead atoms. The predicted molar refractivity (Wildman–Crippen MR) is 121 cm³/mol. The van der Waals surface area contributed by atoms with Gasteiger partial charge in [0.1, 0.15) is 17.7 Å². The molecule has 10 nitrogen and oxygen atoms in total. The number of benzene rings is 1. The Kier molecular flexibility index (Phi) is 6.33. The number of anilines is 2. The van der Waals surface area contributed by atoms with Crippen LogP contribution < -0.4 is 20.1 Å². The van der Waals surface area contributed by atoms with Gasteiger partial charge in [0, 0.05) is 31.6 Å². The lowest BCUT2D eigenvalue weighted by molar-refractivity contribution is -0.0327. The van der Waals surface area contributed by atoms with E-state index in [1.54, 1.807) is 27.6 Å². The second-order valence-corrected chi connectivity index (χ2v) is 7.76. The van der Waals surface area contributed by atoms with Gasteiger partial charge in [0.15, 0.2) is 17.0 Å². The molecule has 3 aromatic rings. The monoisotopic (exact) mass is 442 g/mol. The number of ether oxygens (including phenoxy) is 4. The number of hydrogen-bond donors (Lipinski definition) is 2. The molecule has 0 spiro atoms. The molecule has 2 aromatic heterocycles. The molecule has 2 N–H and O–H groups in total. The van der Waals surface area contributed by atoms with Gasteiger partial charge in [-0.05, 0) is 19.1 Å². The molecular weight excluding hydrogens is 412 g/mol. The molecule has 172 valence electrons. The molecule has 4 rings (SSSR count). The maximum absolute atomic E-state index is 6.32. The summed E-state index contributed by atoms with van der Waals surface area (Å²) in [6.07, 6.45) is 1.27. The third-order valence-corrected chi connectivity index (χ3v) is 5.87. The van der Waals surface area contributed by atoms with E-state index in [2.05, 4.69) is 32.5 Å². The van der Waals surface area contributed by atoms with Crippen molar-refractivity contribution in [1.82, 2.24) is 19.5 Å². The van der Waals surface area contributed by atoms with Crippen LogP contribution in [0.2, 0.25) is 0 Å². The Bertz CT molecular complexity index is 1090. The van der Waals surface area contributed by atoms with Crippen LogP contribution in [0.1, 0.15) is 25.6 Å². The molecule has 1 saturated heterocycles. The quantitative estimate of drug-likeness (QED) is 0.544. The van der Waals surface area contributed by atoms with E-state index in [1.165, 1.54) is 0 Å². The average molecular weight is 443 g/mol. The van der Waals surface area contributed by atoms with E-state index in [1.807, 2.05) is 36.7 Å². The summed E-state index contributed by atoms with van der Waals surface area (Å²) in [5.41, 5.74) is 2.35. The molecule has 0 saturated carbocycles. The number of methoxy groups -OCH3 is 2. The summed E-state index contributed by atoms with van der Waals surface area (Å²) >= 11 is 0. The van der Waals surface area contributed by atoms with Gasteiger partial charge in [-0.25, -0.2) is 4.98 Å². The van der Waals surface area contributed by atoms with Crippen molar-refractivity contribution in [3.8, 4) is 11.5 Å². The first-order valence-electron chi connectivity index (χ1n) is 10.6. The summed E-state index contributed by atoms with van der Waals surface area (Å²) in [5, 5.41) is 6.08. The van der Waals surface area contributed by atoms with E-state index in [0.717, 1.165) is 17.1 Å². The first kappa shape index (κ1) is 22.1. The molecule has 0 radical (unpaired) electrons. The smallest absolute Gasteiger partial charge is 0.226 e. The number of nitrogens with zero attached hydrogens (tertiary/aromatic N) is 4. The van der Waals surface area contributed by atoms with Crippen LogP contribution in [0.5, 0.6) is 11.5 Å². The molecule has 0 aliphatic carbocycles. The molecule has 32 heavy (non-hydrogen) atoms. The molecule has 1 aliphatic rings. The van der Waals surface area contributed by atoms with Crippen molar-refractivity contribution < 1.29 is 18.9 Å². The van der Waals surface area contributed by atoms with E-state index in [0.29, 0.717) is 29.5 Å². The van der Waals surface area contributed by atoms with Crippen LogP contribution in [0, 0.1) is 5.92 Å². The van der Waals surface area contributed by atoms with E-state index in [-0.39, 0.29) is 24.4 Å². The Morgan fingerprint density at radius 3 is 2.59 bits per heavy atom. The maximum Gasteiger partial charge on any atom is 0.226 e. The maximum atomic E-state index is 6.32. The van der Waals surface area contributed by atoms with Crippen molar-refractivity contribution in [2.24, 2.45) is 5.92 Å². The van der Waals surface area contributed by atoms with Crippen molar-refractivity contribution in [3.63, 3.8) is 0 Å². The van der Waals surface area contributed by atoms with Crippen molar-refractivity contribution in [2.45, 2.75) is 38.9 Å². The minimum absolute atomic E-state index is 0.0673. The number of fused-ring (bicyclic) bond motifs is 1. The minimum Gasteiger partial charge on any atom is -0.497 e. The van der Waals surface area contributed by atoms with Gasteiger partial charge in [0.2, 0.25) is 5.95 Å². The fourth-order valence-corrected chi connectivity index (χ4v) is 4.16. The van der Waals surface area contributed by atoms with Crippen LogP contribution in [-0.2, 0) is 16.1 Å². The number of rotatable bonds is 8. The van der Waals surface area contributed by atoms with Crippen LogP contribution in [-0.4, -0.2) is 60.0 Å². The van der Waals surface area contributed by atoms with Crippen LogP contribution >= 0.6 is 0 Å². The summed E-state index contributed by atoms with van der Waals surface area (Å²) in [7, 11) is 6.88. The highest BCUT2D eigenvalue weighted by atomic mass is 16.6. The third-order valence-electron chi connectivity index (χ3n) is 5.87. The highest BCUT2D eigenvalue weighted by Gasteiger charge is 2.42. The van der Waals surface area contributed by atoms with Gasteiger partial charge >= 0.3 is 0 Å². The second kappa shape index (κ2) is 9.17. The zero-order valence-electron chi connectivity index (χ0n) is 19.2. The molecular formula is C22H30N6O4. The fraction of sp³-hybridized carbons (Fsp3) is 0.500. The van der Waals surface area contributed by atoms with Crippen LogP contribution in [0.3, 0.4) is 0 Å². The summed E-state index contributed by atoms with van der Waals surface area (Å²) in [4.78, 5) is 13.6. The normalized spacial score (nSPS) is 22.8. The first-order valence-corrected chi connectivity index (χ1v) is 10.6. The van der Waals surface area contributed by atoms with E-state index in [4.69, 9.17) is 18.9 Å². The van der Waals surface area contributed by atoms with E-state index < -0.39 is 0 Å². The molecule has 3 heterocycles. The predicted octanol–water partition coefficient (Wildman–Crippen LogP) is 3.07. The average Bonchev–Trinajstić information content (AvgIpc) is 3.36. The molecule has 1 fully saturated rings. The fourth-order valence-electron chi connectivity index (χ4n) is 4.16. The lowest BCUT2D eigenvalue weighted by atomic mass is 10.0. The summed E-state index contributed by atoms with van der Waals surface area (Å²) in [6.45, 7) is 4.55. The van der Waals surface area contributed by atoms with Gasteiger partial charge in [-0.15, -0.1) is 0 Å². The van der Waals surface area contributed by atoms with Gasteiger partial charge in [0.05, 0.1) is 39.4 Å². The van der Waals surface area contributed by atoms with E-state index >= 15 is 0 Å². The highest BCUT2D eigenvalue weighted by molar-refractivity contribution is 5.84. The van der Waals surface area contributed by atoms with E-state index in [9.17, 15) is 0 Å². The van der Waals surface area contributed by atoms with Crippen molar-refractivity contribution >= 4 is 22.9 Å². The number of aromatic nitrogens is 4. The van der Waals surface area contributed by atoms with Gasteiger partial charge in [0.25, 0.3) is 0 Å². The number of nitrogens with one attached hydrogen (secondary N) is 2. The van der Waals surface area contributed by atoms with Gasteiger partial charge in [-0.3, -0.25) is 4.57 Å². The Hall–Kier alpha value is -3.11. The van der Waals surface area contributed by atoms with Crippen molar-refractivity contribution in [2.75, 3.05) is 38.9 Å². The highest BCUT2D eigenvalue weighted by Crippen LogP contribution is 2.39. The number of hydrogen-bond acceptors (Lipinski definition) is 9. The lowest BCUT2D eigenvalue weighted by Gasteiger charge is -2.21. The summed E-state index contributed by atoms with van der Waals surface area (Å²) < 4.78 is 25.4. The molecule has 0 amide bonds. The molecule has 4 atom stereocenters. The van der Waals surface area contributed by atoms with Crippen LogP contribution in [0.4, 0.5) is 11.8 Å². The zero-order valence-corrected chi connectivity index (χ0v) is 19.2. The van der Waals surface area contributed by atoms with Crippen molar-refractivity contribution in [3.05, 3.63) is 30.1 Å². The lowest BCUT2D eigenvalue weighted by Crippen LogP contribution is -2.27. The summed E-state index contributed by atoms with van der Waals surface area (Å²) in [5.74, 6) is 2.72. The Labute approximate surface area is 187 Å². The van der Waals surface area contributed by atoms with Gasteiger partial charge < -0.3 is 29.6 Å². The largest absolute Gasteiger partial charge is 0.497 e. The van der Waals surface area contributed by atoms with Crippen LogP contribution in [0.25, 0.3) is 11.2 Å². The second-order valence-electron chi connectivity index (χ2n) is 7.76. The van der Waals surface area contributed by atoms with Gasteiger partial charge in [-0.1, -0.05) is 6.92 Å². The minimum atomic E-state index is -0.262. The van der Waals surface area contributed by atoms with Crippen LogP contribution in [0.15, 0.2) is 24.5 Å². The third kappa shape index (κ3) is 3.91. The van der Waals surface area contributed by atoms with Gasteiger partial charge in [-0.2, -0.15) is 9.97 Å². The number of imidazole rings is 1. The first-order chi connectivity index (χ1) is 15.5. The zero-order chi connectivity index (χ0) is 22.8. The molecule has 10 heteroatoms. The SMILES string of the molecule is CNc1nc(NC)c2ncn([C@@H]3O[C@H](C)[C@@H](OCc4ccc(OC)cc4OC)[C@@H]3C)c2n1. The Balaban J connectivity index is 1.56. The topological polar surface area (TPSA) is 105 Å². The molecule has 1 aliphatic heterocycles. The Morgan fingerprint density at radius 2 is 1.91 bits per heavy atom. The molecule has 0 unspecified atom stereocenters. The standard InChI is InChI=1S/C22H30N6O4/c1-12-18(31-10-14-7-8-15(29-5)9-16(14)30-6)13(2)32-21(12)28-11-25-17-19(23-3)26-22(24-4)27-20(17)28/h7-9,11-13,18,21H,10H2,1-6H3,(H2,23,24,26,27)/t12-,13+,18-,21+/m0/s1. The molecule has 1 aromatic carbocycles. The summed E-state index contributed by atoms with van der Waals surface area (Å²) in [6, 6.07) is 5.72.